The minimum absolute atomic E-state index is 0.525. The van der Waals surface area contributed by atoms with Crippen LogP contribution in [0.3, 0.4) is 0 Å². The second-order valence-electron chi connectivity index (χ2n) is 3.87. The fourth-order valence-corrected chi connectivity index (χ4v) is 1.88. The molecular weight excluding hydrogens is 256 g/mol. The molecule has 0 amide bonds. The van der Waals surface area contributed by atoms with Crippen molar-refractivity contribution in [2.45, 2.75) is 6.92 Å². The zero-order chi connectivity index (χ0) is 13.5. The highest BCUT2D eigenvalue weighted by Gasteiger charge is 1.99. The molecule has 0 bridgehead atoms. The van der Waals surface area contributed by atoms with E-state index in [1.807, 2.05) is 55.6 Å². The average molecular weight is 272 g/mol. The summed E-state index contributed by atoms with van der Waals surface area (Å²) in [5.74, 6) is 0. The number of thiocarbonyl (C=S) groups is 1. The molecule has 0 aliphatic rings. The minimum Gasteiger partial charge on any atom is -0.362 e. The number of aromatic nitrogens is 1. The largest absolute Gasteiger partial charge is 0.362 e. The number of benzene rings is 1. The number of hydrogen-bond donors (Lipinski definition) is 2. The first-order valence-electron chi connectivity index (χ1n) is 6.11. The van der Waals surface area contributed by atoms with E-state index in [0.29, 0.717) is 5.11 Å². The van der Waals surface area contributed by atoms with Gasteiger partial charge in [0, 0.05) is 18.4 Å². The normalized spacial score (nSPS) is 10.6. The lowest BCUT2D eigenvalue weighted by atomic mass is 10.3. The number of hydrazone groups is 1. The Kier molecular flexibility index (Phi) is 4.69. The van der Waals surface area contributed by atoms with Crippen molar-refractivity contribution in [2.24, 2.45) is 5.10 Å². The van der Waals surface area contributed by atoms with E-state index in [1.54, 1.807) is 6.21 Å². The van der Waals surface area contributed by atoms with Gasteiger partial charge in [-0.25, -0.2) is 0 Å². The summed E-state index contributed by atoms with van der Waals surface area (Å²) in [6.07, 6.45) is 3.75. The second kappa shape index (κ2) is 6.70. The van der Waals surface area contributed by atoms with Crippen LogP contribution in [0.25, 0.3) is 5.69 Å². The van der Waals surface area contributed by atoms with Crippen molar-refractivity contribution in [3.63, 3.8) is 0 Å². The van der Waals surface area contributed by atoms with Gasteiger partial charge in [-0.1, -0.05) is 18.2 Å². The van der Waals surface area contributed by atoms with Crippen molar-refractivity contribution in [1.82, 2.24) is 15.3 Å². The van der Waals surface area contributed by atoms with Crippen LogP contribution in [0.4, 0.5) is 0 Å². The van der Waals surface area contributed by atoms with Crippen molar-refractivity contribution in [3.05, 3.63) is 54.4 Å². The smallest absolute Gasteiger partial charge is 0.186 e. The minimum atomic E-state index is 0.525. The zero-order valence-electron chi connectivity index (χ0n) is 10.7. The van der Waals surface area contributed by atoms with E-state index in [0.717, 1.165) is 17.9 Å². The van der Waals surface area contributed by atoms with Crippen LogP contribution in [-0.4, -0.2) is 22.4 Å². The molecule has 0 saturated carbocycles. The van der Waals surface area contributed by atoms with Crippen LogP contribution in [0.2, 0.25) is 0 Å². The topological polar surface area (TPSA) is 41.4 Å². The van der Waals surface area contributed by atoms with Crippen molar-refractivity contribution < 1.29 is 0 Å². The maximum Gasteiger partial charge on any atom is 0.186 e. The van der Waals surface area contributed by atoms with E-state index in [1.165, 1.54) is 0 Å². The second-order valence-corrected chi connectivity index (χ2v) is 4.28. The number of rotatable bonds is 4. The van der Waals surface area contributed by atoms with Gasteiger partial charge in [0.1, 0.15) is 0 Å². The molecule has 4 nitrogen and oxygen atoms in total. The molecule has 0 radical (unpaired) electrons. The van der Waals surface area contributed by atoms with Crippen LogP contribution in [0.5, 0.6) is 0 Å². The fraction of sp³-hybridized carbons (Fsp3) is 0.143. The molecule has 1 heterocycles. The van der Waals surface area contributed by atoms with Gasteiger partial charge < -0.3 is 9.88 Å². The molecule has 98 valence electrons. The summed E-state index contributed by atoms with van der Waals surface area (Å²) in [4.78, 5) is 0. The first-order valence-corrected chi connectivity index (χ1v) is 6.51. The summed E-state index contributed by atoms with van der Waals surface area (Å²) < 4.78 is 2.06. The standard InChI is InChI=1S/C14H16N4S/c1-2-15-14(19)17-16-11-13-9-6-10-18(13)12-7-4-3-5-8-12/h3-11H,2H2,1H3,(H2,15,17,19). The SMILES string of the molecule is CCNC(=S)NN=Cc1cccn1-c1ccccc1. The van der Waals surface area contributed by atoms with Crippen molar-refractivity contribution >= 4 is 23.5 Å². The van der Waals surface area contributed by atoms with Crippen LogP contribution in [-0.2, 0) is 0 Å². The fourth-order valence-electron chi connectivity index (χ4n) is 1.68. The van der Waals surface area contributed by atoms with E-state index >= 15 is 0 Å². The summed E-state index contributed by atoms with van der Waals surface area (Å²) in [5, 5.41) is 7.62. The van der Waals surface area contributed by atoms with E-state index in [-0.39, 0.29) is 0 Å². The predicted molar refractivity (Wildman–Crippen MR) is 82.8 cm³/mol. The lowest BCUT2D eigenvalue weighted by molar-refractivity contribution is 0.902. The van der Waals surface area contributed by atoms with Gasteiger partial charge in [0.2, 0.25) is 0 Å². The summed E-state index contributed by atoms with van der Waals surface area (Å²) >= 11 is 5.03. The van der Waals surface area contributed by atoms with Gasteiger partial charge in [-0.3, -0.25) is 5.43 Å². The van der Waals surface area contributed by atoms with E-state index in [4.69, 9.17) is 12.2 Å². The summed E-state index contributed by atoms with van der Waals surface area (Å²) in [5.41, 5.74) is 4.86. The maximum atomic E-state index is 5.03. The molecular formula is C14H16N4S. The first-order chi connectivity index (χ1) is 9.31. The number of nitrogens with one attached hydrogen (secondary N) is 2. The van der Waals surface area contributed by atoms with Gasteiger partial charge in [-0.05, 0) is 43.4 Å². The quantitative estimate of drug-likeness (QED) is 0.510. The van der Waals surface area contributed by atoms with Gasteiger partial charge >= 0.3 is 0 Å². The van der Waals surface area contributed by atoms with E-state index in [9.17, 15) is 0 Å². The maximum absolute atomic E-state index is 5.03. The summed E-state index contributed by atoms with van der Waals surface area (Å²) in [7, 11) is 0. The van der Waals surface area contributed by atoms with E-state index < -0.39 is 0 Å². The Morgan fingerprint density at radius 2 is 2.05 bits per heavy atom. The molecule has 0 spiro atoms. The molecule has 1 aromatic heterocycles. The molecule has 2 N–H and O–H groups in total. The highest BCUT2D eigenvalue weighted by Crippen LogP contribution is 2.10. The molecule has 19 heavy (non-hydrogen) atoms. The zero-order valence-corrected chi connectivity index (χ0v) is 11.5. The first kappa shape index (κ1) is 13.3. The Morgan fingerprint density at radius 3 is 2.79 bits per heavy atom. The van der Waals surface area contributed by atoms with Crippen LogP contribution in [0, 0.1) is 0 Å². The third kappa shape index (κ3) is 3.66. The number of hydrogen-bond acceptors (Lipinski definition) is 2. The van der Waals surface area contributed by atoms with Crippen LogP contribution in [0.1, 0.15) is 12.6 Å². The lowest BCUT2D eigenvalue weighted by Crippen LogP contribution is -2.31. The number of nitrogens with zero attached hydrogens (tertiary/aromatic N) is 2. The summed E-state index contributed by atoms with van der Waals surface area (Å²) in [6, 6.07) is 14.1. The van der Waals surface area contributed by atoms with Crippen LogP contribution >= 0.6 is 12.2 Å². The van der Waals surface area contributed by atoms with Crippen LogP contribution < -0.4 is 10.7 Å². The van der Waals surface area contributed by atoms with Crippen molar-refractivity contribution in [3.8, 4) is 5.69 Å². The molecule has 0 unspecified atom stereocenters. The lowest BCUT2D eigenvalue weighted by Gasteiger charge is -2.06. The molecule has 0 saturated heterocycles. The molecule has 1 aromatic carbocycles. The third-order valence-electron chi connectivity index (χ3n) is 2.51. The van der Waals surface area contributed by atoms with Gasteiger partial charge in [-0.2, -0.15) is 5.10 Å². The van der Waals surface area contributed by atoms with Gasteiger partial charge in [-0.15, -0.1) is 0 Å². The highest BCUT2D eigenvalue weighted by molar-refractivity contribution is 7.80. The van der Waals surface area contributed by atoms with Crippen molar-refractivity contribution in [2.75, 3.05) is 6.54 Å². The van der Waals surface area contributed by atoms with Crippen LogP contribution in [0.15, 0.2) is 53.8 Å². The van der Waals surface area contributed by atoms with Gasteiger partial charge in [0.05, 0.1) is 11.9 Å². The Balaban J connectivity index is 2.08. The Bertz CT molecular complexity index is 560. The molecule has 0 atom stereocenters. The molecule has 0 aliphatic carbocycles. The summed E-state index contributed by atoms with van der Waals surface area (Å²) in [6.45, 7) is 2.76. The third-order valence-corrected chi connectivity index (χ3v) is 2.75. The Morgan fingerprint density at radius 1 is 1.26 bits per heavy atom. The van der Waals surface area contributed by atoms with E-state index in [2.05, 4.69) is 20.4 Å². The highest BCUT2D eigenvalue weighted by atomic mass is 32.1. The van der Waals surface area contributed by atoms with Crippen molar-refractivity contribution in [1.29, 1.82) is 0 Å². The molecule has 2 rings (SSSR count). The number of para-hydroxylation sites is 1. The Labute approximate surface area is 118 Å². The molecule has 5 heteroatoms. The molecule has 0 aliphatic heterocycles. The monoisotopic (exact) mass is 272 g/mol. The van der Waals surface area contributed by atoms with Gasteiger partial charge in [0.25, 0.3) is 0 Å². The average Bonchev–Trinajstić information content (AvgIpc) is 2.88. The predicted octanol–water partition coefficient (Wildman–Crippen LogP) is 2.30. The molecule has 2 aromatic rings. The van der Waals surface area contributed by atoms with Gasteiger partial charge in [0.15, 0.2) is 5.11 Å². The molecule has 0 fully saturated rings. The Hall–Kier alpha value is -2.14.